The maximum Gasteiger partial charge on any atom is 0.407 e. The molecule has 1 aliphatic rings. The van der Waals surface area contributed by atoms with Crippen LogP contribution in [0.1, 0.15) is 43.7 Å². The molecular weight excluding hydrogens is 420 g/mol. The van der Waals surface area contributed by atoms with Crippen molar-refractivity contribution >= 4 is 18.0 Å². The van der Waals surface area contributed by atoms with Gasteiger partial charge < -0.3 is 20.5 Å². The van der Waals surface area contributed by atoms with E-state index in [0.29, 0.717) is 6.42 Å². The van der Waals surface area contributed by atoms with E-state index in [-0.39, 0.29) is 18.9 Å². The van der Waals surface area contributed by atoms with E-state index in [4.69, 9.17) is 4.74 Å². The number of rotatable bonds is 10. The molecule has 0 spiro atoms. The Morgan fingerprint density at radius 1 is 1.03 bits per heavy atom. The van der Waals surface area contributed by atoms with E-state index in [9.17, 15) is 19.5 Å². The number of carbonyl (C=O) groups is 3. The van der Waals surface area contributed by atoms with Gasteiger partial charge in [-0.15, -0.1) is 6.58 Å². The van der Waals surface area contributed by atoms with Crippen molar-refractivity contribution in [3.05, 3.63) is 72.3 Å². The quantitative estimate of drug-likeness (QED) is 0.473. The molecule has 2 aromatic rings. The Balaban J connectivity index is 1.56. The fourth-order valence-electron chi connectivity index (χ4n) is 4.02. The zero-order valence-corrected chi connectivity index (χ0v) is 18.9. The van der Waals surface area contributed by atoms with E-state index in [1.54, 1.807) is 19.9 Å². The normalized spacial score (nSPS) is 14.8. The minimum atomic E-state index is -1.10. The maximum atomic E-state index is 12.5. The van der Waals surface area contributed by atoms with Gasteiger partial charge in [0.1, 0.15) is 12.6 Å². The third-order valence-electron chi connectivity index (χ3n) is 6.13. The summed E-state index contributed by atoms with van der Waals surface area (Å²) in [6.45, 7) is 7.07. The van der Waals surface area contributed by atoms with Crippen molar-refractivity contribution in [1.29, 1.82) is 0 Å². The van der Waals surface area contributed by atoms with Crippen molar-refractivity contribution in [3.63, 3.8) is 0 Å². The third-order valence-corrected chi connectivity index (χ3v) is 6.13. The smallest absolute Gasteiger partial charge is 0.407 e. The number of hydrogen-bond donors (Lipinski definition) is 3. The van der Waals surface area contributed by atoms with Crippen molar-refractivity contribution in [3.8, 4) is 11.1 Å². The largest absolute Gasteiger partial charge is 0.480 e. The van der Waals surface area contributed by atoms with Gasteiger partial charge in [0.15, 0.2) is 0 Å². The first-order valence-electron chi connectivity index (χ1n) is 11.1. The summed E-state index contributed by atoms with van der Waals surface area (Å²) >= 11 is 0. The van der Waals surface area contributed by atoms with Gasteiger partial charge in [0.05, 0.1) is 5.92 Å². The van der Waals surface area contributed by atoms with Crippen LogP contribution in [0.25, 0.3) is 11.1 Å². The highest BCUT2D eigenvalue weighted by atomic mass is 16.5. The van der Waals surface area contributed by atoms with Crippen LogP contribution in [-0.2, 0) is 14.3 Å². The monoisotopic (exact) mass is 450 g/mol. The average Bonchev–Trinajstić information content (AvgIpc) is 3.13. The molecule has 0 aliphatic heterocycles. The number of benzene rings is 2. The van der Waals surface area contributed by atoms with Crippen molar-refractivity contribution < 1.29 is 24.2 Å². The summed E-state index contributed by atoms with van der Waals surface area (Å²) < 4.78 is 5.53. The summed E-state index contributed by atoms with van der Waals surface area (Å²) in [5.41, 5.74) is 4.52. The van der Waals surface area contributed by atoms with Crippen LogP contribution in [0.5, 0.6) is 0 Å². The molecule has 1 aliphatic carbocycles. The van der Waals surface area contributed by atoms with Crippen LogP contribution in [0.3, 0.4) is 0 Å². The predicted molar refractivity (Wildman–Crippen MR) is 126 cm³/mol. The number of nitrogens with one attached hydrogen (secondary N) is 2. The molecule has 0 saturated heterocycles. The number of carboxylic acids is 1. The van der Waals surface area contributed by atoms with E-state index in [0.717, 1.165) is 22.3 Å². The second-order valence-corrected chi connectivity index (χ2v) is 8.31. The Kier molecular flexibility index (Phi) is 7.87. The van der Waals surface area contributed by atoms with Crippen molar-refractivity contribution in [2.45, 2.75) is 44.7 Å². The molecule has 7 nitrogen and oxygen atoms in total. The Labute approximate surface area is 193 Å². The van der Waals surface area contributed by atoms with Crippen LogP contribution in [0.4, 0.5) is 4.79 Å². The number of hydrogen-bond acceptors (Lipinski definition) is 4. The van der Waals surface area contributed by atoms with Gasteiger partial charge in [-0.3, -0.25) is 4.79 Å². The third kappa shape index (κ3) is 5.61. The van der Waals surface area contributed by atoms with Crippen LogP contribution in [-0.4, -0.2) is 41.8 Å². The minimum Gasteiger partial charge on any atom is -0.480 e. The Hall–Kier alpha value is -3.61. The number of amides is 2. The molecule has 3 N–H and O–H groups in total. The van der Waals surface area contributed by atoms with E-state index < -0.39 is 36.0 Å². The highest BCUT2D eigenvalue weighted by molar-refractivity contribution is 5.85. The minimum absolute atomic E-state index is 0.0552. The molecule has 3 unspecified atom stereocenters. The lowest BCUT2D eigenvalue weighted by Crippen LogP contribution is -2.48. The molecule has 2 amide bonds. The number of aliphatic carboxylic acids is 1. The number of carbonyl (C=O) groups excluding carboxylic acids is 2. The maximum absolute atomic E-state index is 12.5. The van der Waals surface area contributed by atoms with Gasteiger partial charge in [0.2, 0.25) is 5.91 Å². The van der Waals surface area contributed by atoms with Crippen LogP contribution in [0.2, 0.25) is 0 Å². The lowest BCUT2D eigenvalue weighted by Gasteiger charge is -2.23. The van der Waals surface area contributed by atoms with Crippen molar-refractivity contribution in [2.24, 2.45) is 5.92 Å². The standard InChI is InChI=1S/C26H30N2O5/c1-4-5-14-23(25(30)31)28-24(29)16(2)17(3)27-26(32)33-15-22-20-12-8-6-10-18(20)19-11-7-9-13-21(19)22/h4,6-13,16-17,22-23H,1,5,14-15H2,2-3H3,(H,27,32)(H,28,29)(H,30,31). The molecule has 0 aromatic heterocycles. The fourth-order valence-corrected chi connectivity index (χ4v) is 4.02. The second-order valence-electron chi connectivity index (χ2n) is 8.31. The van der Waals surface area contributed by atoms with Gasteiger partial charge in [-0.1, -0.05) is 61.5 Å². The number of alkyl carbamates (subject to hydrolysis) is 1. The van der Waals surface area contributed by atoms with E-state index >= 15 is 0 Å². The van der Waals surface area contributed by atoms with Crippen LogP contribution in [0.15, 0.2) is 61.2 Å². The Morgan fingerprint density at radius 2 is 1.61 bits per heavy atom. The van der Waals surface area contributed by atoms with Gasteiger partial charge in [0, 0.05) is 12.0 Å². The van der Waals surface area contributed by atoms with E-state index in [1.165, 1.54) is 0 Å². The van der Waals surface area contributed by atoms with E-state index in [1.807, 2.05) is 36.4 Å². The molecule has 0 fully saturated rings. The van der Waals surface area contributed by atoms with Gasteiger partial charge in [-0.25, -0.2) is 9.59 Å². The van der Waals surface area contributed by atoms with Gasteiger partial charge in [-0.05, 0) is 42.0 Å². The molecule has 2 aromatic carbocycles. The molecule has 3 rings (SSSR count). The lowest BCUT2D eigenvalue weighted by molar-refractivity contribution is -0.142. The topological polar surface area (TPSA) is 105 Å². The summed E-state index contributed by atoms with van der Waals surface area (Å²) in [5.74, 6) is -2.25. The molecule has 3 atom stereocenters. The first-order valence-corrected chi connectivity index (χ1v) is 11.1. The molecule has 7 heteroatoms. The van der Waals surface area contributed by atoms with Gasteiger partial charge >= 0.3 is 12.1 Å². The van der Waals surface area contributed by atoms with Crippen LogP contribution < -0.4 is 10.6 Å². The molecule has 0 bridgehead atoms. The SMILES string of the molecule is C=CCCC(NC(=O)C(C)C(C)NC(=O)OCC1c2ccccc2-c2ccccc21)C(=O)O. The number of carboxylic acid groups (broad SMARTS) is 1. The number of allylic oxidation sites excluding steroid dienone is 1. The molecule has 0 saturated carbocycles. The van der Waals surface area contributed by atoms with Crippen LogP contribution in [0, 0.1) is 5.92 Å². The van der Waals surface area contributed by atoms with Crippen LogP contribution >= 0.6 is 0 Å². The second kappa shape index (κ2) is 10.8. The fraction of sp³-hybridized carbons (Fsp3) is 0.346. The van der Waals surface area contributed by atoms with Crippen molar-refractivity contribution in [1.82, 2.24) is 10.6 Å². The first-order chi connectivity index (χ1) is 15.8. The zero-order valence-electron chi connectivity index (χ0n) is 18.9. The highest BCUT2D eigenvalue weighted by Crippen LogP contribution is 2.44. The van der Waals surface area contributed by atoms with E-state index in [2.05, 4.69) is 29.3 Å². The number of ether oxygens (including phenoxy) is 1. The molecule has 174 valence electrons. The lowest BCUT2D eigenvalue weighted by atomic mass is 9.98. The number of fused-ring (bicyclic) bond motifs is 3. The zero-order chi connectivity index (χ0) is 24.0. The predicted octanol–water partition coefficient (Wildman–Crippen LogP) is 4.09. The molecule has 33 heavy (non-hydrogen) atoms. The Bertz CT molecular complexity index is 989. The van der Waals surface area contributed by atoms with Gasteiger partial charge in [-0.2, -0.15) is 0 Å². The first kappa shape index (κ1) is 24.0. The highest BCUT2D eigenvalue weighted by Gasteiger charge is 2.30. The summed E-state index contributed by atoms with van der Waals surface area (Å²) in [6, 6.07) is 14.6. The molecule has 0 radical (unpaired) electrons. The van der Waals surface area contributed by atoms with Gasteiger partial charge in [0.25, 0.3) is 0 Å². The Morgan fingerprint density at radius 3 is 2.15 bits per heavy atom. The van der Waals surface area contributed by atoms with Crippen molar-refractivity contribution in [2.75, 3.05) is 6.61 Å². The summed E-state index contributed by atoms with van der Waals surface area (Å²) in [5, 5.41) is 14.5. The summed E-state index contributed by atoms with van der Waals surface area (Å²) in [6.07, 6.45) is 1.71. The average molecular weight is 451 g/mol. The summed E-state index contributed by atoms with van der Waals surface area (Å²) in [7, 11) is 0. The summed E-state index contributed by atoms with van der Waals surface area (Å²) in [4.78, 5) is 36.3. The molecule has 0 heterocycles. The molecular formula is C26H30N2O5.